The number of nitrogens with zero attached hydrogens (tertiary/aromatic N) is 6. The van der Waals surface area contributed by atoms with Gasteiger partial charge in [0.05, 0.1) is 12.8 Å². The molecule has 3 aromatic heterocycles. The summed E-state index contributed by atoms with van der Waals surface area (Å²) in [6.45, 7) is 3.26. The zero-order chi connectivity index (χ0) is 22.8. The first-order valence-electron chi connectivity index (χ1n) is 9.52. The second kappa shape index (κ2) is 8.34. The molecule has 164 valence electrons. The minimum Gasteiger partial charge on any atom is -0.494 e. The van der Waals surface area contributed by atoms with Gasteiger partial charge in [0.1, 0.15) is 41.5 Å². The van der Waals surface area contributed by atoms with Crippen LogP contribution in [-0.2, 0) is 11.3 Å². The number of aromatic nitrogens is 6. The highest BCUT2D eigenvalue weighted by atomic mass is 16.5. The number of anilines is 2. The first kappa shape index (κ1) is 20.8. The summed E-state index contributed by atoms with van der Waals surface area (Å²) in [6.07, 6.45) is 1.43. The molecule has 4 aromatic rings. The molecule has 0 aliphatic rings. The summed E-state index contributed by atoms with van der Waals surface area (Å²) in [7, 11) is 1.49. The molecule has 4 rings (SSSR count). The van der Waals surface area contributed by atoms with Gasteiger partial charge in [-0.25, -0.2) is 4.68 Å². The molecular weight excluding hydrogens is 416 g/mol. The fraction of sp³-hybridized carbons (Fsp3) is 0.200. The number of hydrogen-bond acceptors (Lipinski definition) is 9. The van der Waals surface area contributed by atoms with Crippen LogP contribution in [0.2, 0.25) is 0 Å². The molecule has 0 aliphatic heterocycles. The van der Waals surface area contributed by atoms with E-state index in [0.717, 1.165) is 4.68 Å². The summed E-state index contributed by atoms with van der Waals surface area (Å²) in [6, 6.07) is 8.24. The minimum atomic E-state index is -0.562. The van der Waals surface area contributed by atoms with Gasteiger partial charge in [0.25, 0.3) is 5.56 Å². The lowest BCUT2D eigenvalue weighted by Crippen LogP contribution is -2.31. The number of nitrogen functional groups attached to an aromatic ring is 1. The van der Waals surface area contributed by atoms with Crippen LogP contribution in [0.5, 0.6) is 5.75 Å². The number of hydrogen-bond donors (Lipinski definition) is 2. The maximum Gasteiger partial charge on any atom is 0.290 e. The van der Waals surface area contributed by atoms with Gasteiger partial charge < -0.3 is 20.2 Å². The van der Waals surface area contributed by atoms with Crippen LogP contribution in [0.25, 0.3) is 16.9 Å². The van der Waals surface area contributed by atoms with Crippen LogP contribution in [-0.4, -0.2) is 43.0 Å². The van der Waals surface area contributed by atoms with E-state index in [0.29, 0.717) is 39.9 Å². The standard InChI is InChI=1S/C20H20N8O4/c1-11-6-14(12(2)32-11)16-8-15(21)20(30)27(24-16)9-19(29)23-13-4-5-17(18(7-13)31-3)28-10-22-25-26-28/h4-8,10H,9,21H2,1-3H3,(H,23,29). The van der Waals surface area contributed by atoms with Crippen LogP contribution >= 0.6 is 0 Å². The minimum absolute atomic E-state index is 0.0199. The first-order chi connectivity index (χ1) is 15.4. The van der Waals surface area contributed by atoms with Gasteiger partial charge in [0.2, 0.25) is 5.91 Å². The highest BCUT2D eigenvalue weighted by molar-refractivity contribution is 5.91. The van der Waals surface area contributed by atoms with E-state index in [9.17, 15) is 9.59 Å². The molecule has 12 heteroatoms. The Balaban J connectivity index is 1.57. The number of aryl methyl sites for hydroxylation is 2. The Bertz CT molecular complexity index is 1340. The number of ether oxygens (including phenoxy) is 1. The van der Waals surface area contributed by atoms with Gasteiger partial charge in [-0.05, 0) is 48.5 Å². The van der Waals surface area contributed by atoms with Crippen LogP contribution in [0.1, 0.15) is 11.5 Å². The molecule has 0 unspecified atom stereocenters. The largest absolute Gasteiger partial charge is 0.494 e. The van der Waals surface area contributed by atoms with Crippen LogP contribution in [0.3, 0.4) is 0 Å². The monoisotopic (exact) mass is 436 g/mol. The predicted molar refractivity (Wildman–Crippen MR) is 114 cm³/mol. The SMILES string of the molecule is COc1cc(NC(=O)Cn2nc(-c3cc(C)oc3C)cc(N)c2=O)ccc1-n1cnnn1. The van der Waals surface area contributed by atoms with Crippen LogP contribution < -0.4 is 21.3 Å². The zero-order valence-corrected chi connectivity index (χ0v) is 17.6. The maximum atomic E-state index is 12.6. The molecule has 3 N–H and O–H groups in total. The Kier molecular flexibility index (Phi) is 5.41. The molecule has 0 radical (unpaired) electrons. The highest BCUT2D eigenvalue weighted by Gasteiger charge is 2.16. The zero-order valence-electron chi connectivity index (χ0n) is 17.6. The van der Waals surface area contributed by atoms with E-state index in [1.54, 1.807) is 31.2 Å². The van der Waals surface area contributed by atoms with E-state index in [1.807, 2.05) is 6.92 Å². The maximum absolute atomic E-state index is 12.6. The van der Waals surface area contributed by atoms with Crippen molar-refractivity contribution in [2.45, 2.75) is 20.4 Å². The van der Waals surface area contributed by atoms with E-state index in [2.05, 4.69) is 25.9 Å². The van der Waals surface area contributed by atoms with Gasteiger partial charge in [0.15, 0.2) is 0 Å². The summed E-state index contributed by atoms with van der Waals surface area (Å²) in [5, 5.41) is 18.0. The van der Waals surface area contributed by atoms with Gasteiger partial charge in [0, 0.05) is 17.3 Å². The van der Waals surface area contributed by atoms with E-state index in [-0.39, 0.29) is 12.2 Å². The number of methoxy groups -OCH3 is 1. The second-order valence-corrected chi connectivity index (χ2v) is 6.96. The number of carbonyl (C=O) groups is 1. The second-order valence-electron chi connectivity index (χ2n) is 6.96. The number of benzene rings is 1. The Morgan fingerprint density at radius 1 is 1.25 bits per heavy atom. The van der Waals surface area contributed by atoms with Crippen molar-refractivity contribution in [2.75, 3.05) is 18.2 Å². The van der Waals surface area contributed by atoms with Crippen molar-refractivity contribution < 1.29 is 13.9 Å². The molecule has 12 nitrogen and oxygen atoms in total. The number of nitrogens with one attached hydrogen (secondary N) is 1. The molecule has 32 heavy (non-hydrogen) atoms. The van der Waals surface area contributed by atoms with Crippen molar-refractivity contribution in [3.8, 4) is 22.7 Å². The van der Waals surface area contributed by atoms with Gasteiger partial charge in [-0.3, -0.25) is 9.59 Å². The molecule has 0 bridgehead atoms. The summed E-state index contributed by atoms with van der Waals surface area (Å²) in [5.74, 6) is 1.32. The van der Waals surface area contributed by atoms with Gasteiger partial charge in [-0.1, -0.05) is 0 Å². The lowest BCUT2D eigenvalue weighted by molar-refractivity contribution is -0.117. The van der Waals surface area contributed by atoms with Crippen molar-refractivity contribution in [2.24, 2.45) is 0 Å². The quantitative estimate of drug-likeness (QED) is 0.455. The molecule has 3 heterocycles. The Hall–Kier alpha value is -4.48. The number of rotatable bonds is 6. The van der Waals surface area contributed by atoms with Crippen molar-refractivity contribution in [3.05, 3.63) is 58.5 Å². The lowest BCUT2D eigenvalue weighted by atomic mass is 10.1. The summed E-state index contributed by atoms with van der Waals surface area (Å²) >= 11 is 0. The molecule has 0 aliphatic carbocycles. The Morgan fingerprint density at radius 2 is 2.06 bits per heavy atom. The van der Waals surface area contributed by atoms with E-state index >= 15 is 0 Å². The number of furan rings is 1. The number of nitrogens with two attached hydrogens (primary N) is 1. The molecule has 0 spiro atoms. The molecule has 0 atom stereocenters. The predicted octanol–water partition coefficient (Wildman–Crippen LogP) is 1.33. The normalized spacial score (nSPS) is 10.8. The lowest BCUT2D eigenvalue weighted by Gasteiger charge is -2.12. The molecule has 0 saturated heterocycles. The summed E-state index contributed by atoms with van der Waals surface area (Å²) in [4.78, 5) is 25.1. The van der Waals surface area contributed by atoms with Crippen molar-refractivity contribution in [1.82, 2.24) is 30.0 Å². The summed E-state index contributed by atoms with van der Waals surface area (Å²) in [5.41, 5.74) is 7.49. The van der Waals surface area contributed by atoms with E-state index in [4.69, 9.17) is 14.9 Å². The third-order valence-electron chi connectivity index (χ3n) is 4.67. The van der Waals surface area contributed by atoms with E-state index in [1.165, 1.54) is 24.2 Å². The van der Waals surface area contributed by atoms with Crippen molar-refractivity contribution >= 4 is 17.3 Å². The van der Waals surface area contributed by atoms with Crippen molar-refractivity contribution in [1.29, 1.82) is 0 Å². The third-order valence-corrected chi connectivity index (χ3v) is 4.67. The third kappa shape index (κ3) is 4.05. The number of carbonyl (C=O) groups excluding carboxylic acids is 1. The molecule has 0 fully saturated rings. The van der Waals surface area contributed by atoms with Gasteiger partial charge in [-0.15, -0.1) is 5.10 Å². The Morgan fingerprint density at radius 3 is 2.72 bits per heavy atom. The van der Waals surface area contributed by atoms with Crippen LogP contribution in [0.4, 0.5) is 11.4 Å². The molecular formula is C20H20N8O4. The van der Waals surface area contributed by atoms with E-state index < -0.39 is 11.5 Å². The Labute approximate surface area is 181 Å². The van der Waals surface area contributed by atoms with Gasteiger partial charge >= 0.3 is 0 Å². The molecule has 1 amide bonds. The van der Waals surface area contributed by atoms with Crippen LogP contribution in [0, 0.1) is 13.8 Å². The molecule has 1 aromatic carbocycles. The smallest absolute Gasteiger partial charge is 0.290 e. The fourth-order valence-corrected chi connectivity index (χ4v) is 3.24. The topological polar surface area (TPSA) is 156 Å². The first-order valence-corrected chi connectivity index (χ1v) is 9.52. The fourth-order valence-electron chi connectivity index (χ4n) is 3.24. The van der Waals surface area contributed by atoms with Crippen molar-refractivity contribution in [3.63, 3.8) is 0 Å². The highest BCUT2D eigenvalue weighted by Crippen LogP contribution is 2.26. The number of tetrazole rings is 1. The molecule has 0 saturated carbocycles. The average Bonchev–Trinajstić information content (AvgIpc) is 3.40. The van der Waals surface area contributed by atoms with Gasteiger partial charge in [-0.2, -0.15) is 9.78 Å². The average molecular weight is 436 g/mol. The summed E-state index contributed by atoms with van der Waals surface area (Å²) < 4.78 is 13.3. The van der Waals surface area contributed by atoms with Crippen LogP contribution in [0.15, 0.2) is 45.9 Å². The number of amides is 1.